The van der Waals surface area contributed by atoms with E-state index in [1.807, 2.05) is 19.9 Å². The quantitative estimate of drug-likeness (QED) is 0.742. The van der Waals surface area contributed by atoms with E-state index in [-0.39, 0.29) is 17.4 Å². The normalized spacial score (nSPS) is 17.6. The van der Waals surface area contributed by atoms with Gasteiger partial charge in [0.15, 0.2) is 0 Å². The van der Waals surface area contributed by atoms with E-state index in [4.69, 9.17) is 9.47 Å². The Morgan fingerprint density at radius 2 is 2.08 bits per heavy atom. The van der Waals surface area contributed by atoms with Gasteiger partial charge in [0.25, 0.3) is 0 Å². The zero-order chi connectivity index (χ0) is 17.6. The molecule has 2 N–H and O–H groups in total. The summed E-state index contributed by atoms with van der Waals surface area (Å²) in [5.41, 5.74) is 0.848. The van der Waals surface area contributed by atoms with E-state index < -0.39 is 16.1 Å². The highest BCUT2D eigenvalue weighted by Crippen LogP contribution is 2.25. The molecule has 0 radical (unpaired) electrons. The lowest BCUT2D eigenvalue weighted by atomic mass is 9.92. The van der Waals surface area contributed by atoms with Crippen LogP contribution in [0.4, 0.5) is 0 Å². The molecule has 1 aromatic rings. The predicted molar refractivity (Wildman–Crippen MR) is 91.7 cm³/mol. The van der Waals surface area contributed by atoms with Crippen LogP contribution in [0.1, 0.15) is 31.7 Å². The summed E-state index contributed by atoms with van der Waals surface area (Å²) in [7, 11) is -3.67. The maximum absolute atomic E-state index is 12.5. The zero-order valence-corrected chi connectivity index (χ0v) is 15.1. The third-order valence-corrected chi connectivity index (χ3v) is 5.71. The molecule has 1 aliphatic rings. The first-order valence-electron chi connectivity index (χ1n) is 8.43. The second kappa shape index (κ2) is 8.80. The van der Waals surface area contributed by atoms with Gasteiger partial charge in [0.05, 0.1) is 12.7 Å². The third-order valence-electron chi connectivity index (χ3n) is 4.23. The number of ether oxygens (including phenoxy) is 2. The van der Waals surface area contributed by atoms with Gasteiger partial charge >= 0.3 is 0 Å². The summed E-state index contributed by atoms with van der Waals surface area (Å²) in [5, 5.41) is 10.2. The fourth-order valence-corrected chi connectivity index (χ4v) is 4.13. The van der Waals surface area contributed by atoms with Gasteiger partial charge < -0.3 is 14.6 Å². The van der Waals surface area contributed by atoms with Crippen molar-refractivity contribution in [3.63, 3.8) is 0 Å². The predicted octanol–water partition coefficient (Wildman–Crippen LogP) is 1.85. The van der Waals surface area contributed by atoms with Gasteiger partial charge in [0.2, 0.25) is 10.0 Å². The highest BCUT2D eigenvalue weighted by molar-refractivity contribution is 7.89. The van der Waals surface area contributed by atoms with Crippen molar-refractivity contribution >= 4 is 10.0 Å². The third kappa shape index (κ3) is 5.17. The summed E-state index contributed by atoms with van der Waals surface area (Å²) in [4.78, 5) is 0.143. The van der Waals surface area contributed by atoms with Crippen LogP contribution in [0.2, 0.25) is 0 Å². The molecule has 1 heterocycles. The molecule has 24 heavy (non-hydrogen) atoms. The molecule has 6 nitrogen and oxygen atoms in total. The lowest BCUT2D eigenvalue weighted by Crippen LogP contribution is -2.32. The van der Waals surface area contributed by atoms with E-state index in [9.17, 15) is 13.5 Å². The molecular formula is C17H27NO5S. The first-order valence-corrected chi connectivity index (χ1v) is 9.91. The van der Waals surface area contributed by atoms with Crippen LogP contribution in [0, 0.1) is 12.8 Å². The maximum Gasteiger partial charge on any atom is 0.244 e. The van der Waals surface area contributed by atoms with Crippen LogP contribution in [0.15, 0.2) is 23.1 Å². The number of nitrogens with one attached hydrogen (secondary N) is 1. The Morgan fingerprint density at radius 1 is 1.38 bits per heavy atom. The fourth-order valence-electron chi connectivity index (χ4n) is 2.86. The number of benzene rings is 1. The van der Waals surface area contributed by atoms with Crippen molar-refractivity contribution in [1.29, 1.82) is 0 Å². The summed E-state index contributed by atoms with van der Waals surface area (Å²) < 4.78 is 38.4. The maximum atomic E-state index is 12.5. The van der Waals surface area contributed by atoms with Crippen molar-refractivity contribution in [3.8, 4) is 5.75 Å². The molecule has 1 aromatic carbocycles. The Hall–Kier alpha value is -1.15. The van der Waals surface area contributed by atoms with E-state index in [2.05, 4.69) is 4.72 Å². The molecule has 0 aromatic heterocycles. The molecule has 2 rings (SSSR count). The molecule has 0 bridgehead atoms. The minimum Gasteiger partial charge on any atom is -0.492 e. The second-order valence-electron chi connectivity index (χ2n) is 6.09. The number of aliphatic hydroxyl groups is 1. The lowest BCUT2D eigenvalue weighted by Gasteiger charge is -2.26. The smallest absolute Gasteiger partial charge is 0.244 e. The highest BCUT2D eigenvalue weighted by Gasteiger charge is 2.24. The monoisotopic (exact) mass is 357 g/mol. The first-order chi connectivity index (χ1) is 11.4. The molecule has 0 unspecified atom stereocenters. The molecule has 0 spiro atoms. The van der Waals surface area contributed by atoms with E-state index in [1.54, 1.807) is 12.1 Å². The summed E-state index contributed by atoms with van der Waals surface area (Å²) in [5.74, 6) is 0.529. The zero-order valence-electron chi connectivity index (χ0n) is 14.3. The van der Waals surface area contributed by atoms with Crippen molar-refractivity contribution in [3.05, 3.63) is 23.8 Å². The minimum absolute atomic E-state index is 0.143. The number of sulfonamides is 1. The standard InChI is InChI=1S/C17H27NO5S/c1-3-23-16-5-4-13(2)12-17(16)24(20,21)18-9-6-15(19)14-7-10-22-11-8-14/h4-5,12,14-15,18-19H,3,6-11H2,1-2H3/t15-/m1/s1. The number of aryl methyl sites for hydroxylation is 1. The average molecular weight is 357 g/mol. The largest absolute Gasteiger partial charge is 0.492 e. The Balaban J connectivity index is 1.97. The molecule has 0 amide bonds. The summed E-state index contributed by atoms with van der Waals surface area (Å²) in [6.45, 7) is 5.56. The van der Waals surface area contributed by atoms with Crippen LogP contribution in [0.5, 0.6) is 5.75 Å². The van der Waals surface area contributed by atoms with Crippen molar-refractivity contribution < 1.29 is 23.0 Å². The topological polar surface area (TPSA) is 84.9 Å². The van der Waals surface area contributed by atoms with Crippen LogP contribution < -0.4 is 9.46 Å². The van der Waals surface area contributed by atoms with Gasteiger partial charge in [-0.05, 0) is 56.7 Å². The number of rotatable bonds is 8. The molecular weight excluding hydrogens is 330 g/mol. The van der Waals surface area contributed by atoms with E-state index in [0.717, 1.165) is 18.4 Å². The van der Waals surface area contributed by atoms with E-state index in [0.29, 0.717) is 32.0 Å². The van der Waals surface area contributed by atoms with Crippen LogP contribution >= 0.6 is 0 Å². The molecule has 0 aliphatic carbocycles. The fraction of sp³-hybridized carbons (Fsp3) is 0.647. The number of aliphatic hydroxyl groups excluding tert-OH is 1. The molecule has 1 saturated heterocycles. The number of hydrogen-bond donors (Lipinski definition) is 2. The summed E-state index contributed by atoms with van der Waals surface area (Å²) in [6.07, 6.45) is 1.51. The van der Waals surface area contributed by atoms with Gasteiger partial charge in [0, 0.05) is 19.8 Å². The number of hydrogen-bond acceptors (Lipinski definition) is 5. The minimum atomic E-state index is -3.67. The molecule has 7 heteroatoms. The first kappa shape index (κ1) is 19.2. The van der Waals surface area contributed by atoms with Crippen LogP contribution in [-0.2, 0) is 14.8 Å². The van der Waals surface area contributed by atoms with Crippen LogP contribution in [0.25, 0.3) is 0 Å². The summed E-state index contributed by atoms with van der Waals surface area (Å²) >= 11 is 0. The van der Waals surface area contributed by atoms with Crippen molar-refractivity contribution in [2.45, 2.75) is 44.1 Å². The molecule has 1 aliphatic heterocycles. The van der Waals surface area contributed by atoms with Crippen LogP contribution in [0.3, 0.4) is 0 Å². The van der Waals surface area contributed by atoms with Crippen LogP contribution in [-0.4, -0.2) is 46.0 Å². The van der Waals surface area contributed by atoms with Gasteiger partial charge in [0.1, 0.15) is 10.6 Å². The molecule has 0 saturated carbocycles. The second-order valence-corrected chi connectivity index (χ2v) is 7.82. The average Bonchev–Trinajstić information content (AvgIpc) is 2.57. The van der Waals surface area contributed by atoms with Crippen molar-refractivity contribution in [2.75, 3.05) is 26.4 Å². The highest BCUT2D eigenvalue weighted by atomic mass is 32.2. The van der Waals surface area contributed by atoms with Gasteiger partial charge in [-0.15, -0.1) is 0 Å². The van der Waals surface area contributed by atoms with Gasteiger partial charge in [-0.1, -0.05) is 6.07 Å². The van der Waals surface area contributed by atoms with Crippen molar-refractivity contribution in [2.24, 2.45) is 5.92 Å². The Bertz CT molecular complexity index is 626. The Labute approximate surface area is 144 Å². The molecule has 1 atom stereocenters. The van der Waals surface area contributed by atoms with E-state index in [1.165, 1.54) is 0 Å². The summed E-state index contributed by atoms with van der Waals surface area (Å²) in [6, 6.07) is 5.09. The Morgan fingerprint density at radius 3 is 2.75 bits per heavy atom. The van der Waals surface area contributed by atoms with Gasteiger partial charge in [-0.25, -0.2) is 13.1 Å². The van der Waals surface area contributed by atoms with Gasteiger partial charge in [-0.3, -0.25) is 0 Å². The van der Waals surface area contributed by atoms with E-state index >= 15 is 0 Å². The molecule has 136 valence electrons. The SMILES string of the molecule is CCOc1ccc(C)cc1S(=O)(=O)NCC[C@@H](O)C1CCOCC1. The molecule has 1 fully saturated rings. The lowest BCUT2D eigenvalue weighted by molar-refractivity contribution is 0.00567. The Kier molecular flexibility index (Phi) is 7.03. The van der Waals surface area contributed by atoms with Crippen molar-refractivity contribution in [1.82, 2.24) is 4.72 Å². The van der Waals surface area contributed by atoms with Gasteiger partial charge in [-0.2, -0.15) is 0 Å².